The van der Waals surface area contributed by atoms with Gasteiger partial charge in [0, 0.05) is 24.2 Å². The number of aromatic hydroxyl groups is 1. The van der Waals surface area contributed by atoms with E-state index in [1.165, 1.54) is 12.0 Å². The lowest BCUT2D eigenvalue weighted by Crippen LogP contribution is -2.35. The van der Waals surface area contributed by atoms with Gasteiger partial charge in [0.15, 0.2) is 17.5 Å². The number of nitrogens with zero attached hydrogens (tertiary/aromatic N) is 2. The molecule has 0 aliphatic carbocycles. The minimum atomic E-state index is -1.30. The third-order valence-corrected chi connectivity index (χ3v) is 5.75. The van der Waals surface area contributed by atoms with Gasteiger partial charge in [-0.05, 0) is 49.2 Å². The van der Waals surface area contributed by atoms with E-state index in [-0.39, 0.29) is 36.0 Å². The number of carboxylic acids is 1. The fourth-order valence-corrected chi connectivity index (χ4v) is 4.32. The Hall–Kier alpha value is -3.59. The predicted octanol–water partition coefficient (Wildman–Crippen LogP) is 2.48. The van der Waals surface area contributed by atoms with Crippen molar-refractivity contribution < 1.29 is 34.4 Å². The van der Waals surface area contributed by atoms with Gasteiger partial charge in [-0.15, -0.1) is 0 Å². The van der Waals surface area contributed by atoms with Crippen LogP contribution >= 0.6 is 0 Å². The summed E-state index contributed by atoms with van der Waals surface area (Å²) in [7, 11) is 1.42. The summed E-state index contributed by atoms with van der Waals surface area (Å²) in [5.41, 5.74) is 2.21. The number of hydrogen-bond acceptors (Lipinski definition) is 6. The summed E-state index contributed by atoms with van der Waals surface area (Å²) in [4.78, 5) is 37.2. The number of carbonyl (C=O) groups excluding carboxylic acids is 1. The van der Waals surface area contributed by atoms with Crippen molar-refractivity contribution in [2.45, 2.75) is 32.0 Å². The Labute approximate surface area is 185 Å². The van der Waals surface area contributed by atoms with Crippen LogP contribution in [0.15, 0.2) is 36.4 Å². The average Bonchev–Trinajstić information content (AvgIpc) is 3.39. The maximum atomic E-state index is 13.0. The molecule has 9 nitrogen and oxygen atoms in total. The number of likely N-dealkylation sites (tertiary alicyclic amines) is 1. The number of fused-ring (bicyclic) bond motifs is 1. The molecule has 2 aliphatic rings. The van der Waals surface area contributed by atoms with Gasteiger partial charge in [-0.2, -0.15) is 0 Å². The molecule has 1 fully saturated rings. The summed E-state index contributed by atoms with van der Waals surface area (Å²) in [6, 6.07) is 9.24. The fourth-order valence-electron chi connectivity index (χ4n) is 4.32. The number of carboxylic acid groups (broad SMARTS) is 2. The van der Waals surface area contributed by atoms with Crippen molar-refractivity contribution in [1.82, 2.24) is 9.80 Å². The first-order valence-corrected chi connectivity index (χ1v) is 10.2. The number of methoxy groups -OCH3 is 1. The molecule has 32 heavy (non-hydrogen) atoms. The number of amides is 1. The van der Waals surface area contributed by atoms with Crippen LogP contribution in [-0.4, -0.2) is 63.7 Å². The molecule has 170 valence electrons. The van der Waals surface area contributed by atoms with E-state index in [0.29, 0.717) is 17.7 Å². The highest BCUT2D eigenvalue weighted by molar-refractivity contribution is 6.00. The molecule has 2 aromatic carbocycles. The van der Waals surface area contributed by atoms with Crippen LogP contribution < -0.4 is 4.74 Å². The van der Waals surface area contributed by atoms with Crippen LogP contribution in [0.25, 0.3) is 0 Å². The van der Waals surface area contributed by atoms with E-state index < -0.39 is 12.0 Å². The molecule has 2 aromatic rings. The Morgan fingerprint density at radius 2 is 1.84 bits per heavy atom. The monoisotopic (exact) mass is 442 g/mol. The fraction of sp³-hybridized carbons (Fsp3) is 0.348. The molecule has 2 aliphatic heterocycles. The van der Waals surface area contributed by atoms with Crippen LogP contribution in [0.4, 0.5) is 0 Å². The average molecular weight is 442 g/mol. The summed E-state index contributed by atoms with van der Waals surface area (Å²) in [6.45, 7) is 2.31. The van der Waals surface area contributed by atoms with Crippen molar-refractivity contribution in [3.63, 3.8) is 0 Å². The highest BCUT2D eigenvalue weighted by Gasteiger charge is 2.40. The number of carbonyl (C=O) groups is 3. The Morgan fingerprint density at radius 1 is 1.19 bits per heavy atom. The largest absolute Gasteiger partial charge is 0.504 e. The lowest BCUT2D eigenvalue weighted by atomic mass is 9.96. The Kier molecular flexibility index (Phi) is 7.32. The number of hydrogen-bond donors (Lipinski definition) is 3. The number of ether oxygens (including phenoxy) is 1. The van der Waals surface area contributed by atoms with E-state index >= 15 is 0 Å². The van der Waals surface area contributed by atoms with E-state index in [0.717, 1.165) is 31.5 Å². The maximum absolute atomic E-state index is 13.0. The second-order valence-electron chi connectivity index (χ2n) is 7.61. The maximum Gasteiger partial charge on any atom is 0.331 e. The van der Waals surface area contributed by atoms with E-state index in [1.807, 2.05) is 12.1 Å². The van der Waals surface area contributed by atoms with Crippen LogP contribution in [-0.2, 0) is 22.7 Å². The lowest BCUT2D eigenvalue weighted by Gasteiger charge is -2.28. The number of aliphatic carboxylic acids is 1. The number of phenols is 1. The molecule has 3 N–H and O–H groups in total. The van der Waals surface area contributed by atoms with E-state index in [2.05, 4.69) is 4.90 Å². The Balaban J connectivity index is 0.000000913. The lowest BCUT2D eigenvalue weighted by molar-refractivity contribution is -0.142. The molecule has 1 unspecified atom stereocenters. The first-order chi connectivity index (χ1) is 15.4. The molecule has 0 spiro atoms. The quantitative estimate of drug-likeness (QED) is 0.582. The molecule has 1 saturated heterocycles. The van der Waals surface area contributed by atoms with Gasteiger partial charge >= 0.3 is 5.97 Å². The smallest absolute Gasteiger partial charge is 0.331 e. The third-order valence-electron chi connectivity index (χ3n) is 5.75. The van der Waals surface area contributed by atoms with Crippen LogP contribution in [0.3, 0.4) is 0 Å². The van der Waals surface area contributed by atoms with Crippen LogP contribution in [0.5, 0.6) is 11.5 Å². The van der Waals surface area contributed by atoms with Gasteiger partial charge in [0.1, 0.15) is 0 Å². The molecular formula is C23H26N2O7. The standard InChI is InChI=1S/C22H24N2O5.CH2O2/c1-29-17-9-8-15(12-23-10-4-5-11-23)18(20(17)25)19(22(27)28)24-13-14-6-2-3-7-16(14)21(24)26;2-1-3/h2-3,6-9,19,25H,4-5,10-13H2,1H3,(H,27,28);1H,(H,2,3). The zero-order valence-electron chi connectivity index (χ0n) is 17.7. The number of benzene rings is 2. The molecule has 4 rings (SSSR count). The second-order valence-corrected chi connectivity index (χ2v) is 7.61. The van der Waals surface area contributed by atoms with Crippen molar-refractivity contribution in [2.24, 2.45) is 0 Å². The molecule has 0 bridgehead atoms. The molecule has 0 radical (unpaired) electrons. The van der Waals surface area contributed by atoms with Crippen molar-refractivity contribution in [3.8, 4) is 11.5 Å². The molecular weight excluding hydrogens is 416 g/mol. The van der Waals surface area contributed by atoms with Gasteiger partial charge < -0.3 is 25.0 Å². The van der Waals surface area contributed by atoms with Crippen LogP contribution in [0.1, 0.15) is 45.9 Å². The van der Waals surface area contributed by atoms with Crippen LogP contribution in [0.2, 0.25) is 0 Å². The topological polar surface area (TPSA) is 128 Å². The molecule has 9 heteroatoms. The predicted molar refractivity (Wildman–Crippen MR) is 115 cm³/mol. The summed E-state index contributed by atoms with van der Waals surface area (Å²) in [6.07, 6.45) is 2.19. The first-order valence-electron chi connectivity index (χ1n) is 10.2. The van der Waals surface area contributed by atoms with Crippen molar-refractivity contribution in [3.05, 3.63) is 58.7 Å². The molecule has 1 atom stereocenters. The first kappa shape index (κ1) is 23.1. The molecule has 0 saturated carbocycles. The minimum Gasteiger partial charge on any atom is -0.504 e. The molecule has 1 amide bonds. The summed E-state index contributed by atoms with van der Waals surface area (Å²) < 4.78 is 5.23. The van der Waals surface area contributed by atoms with Gasteiger partial charge in [-0.25, -0.2) is 4.79 Å². The third kappa shape index (κ3) is 4.52. The van der Waals surface area contributed by atoms with E-state index in [1.54, 1.807) is 24.3 Å². The SMILES string of the molecule is COc1ccc(CN2CCCC2)c(C(C(=O)O)N2Cc3ccccc3C2=O)c1O.O=CO. The minimum absolute atomic E-state index is 0.186. The molecule has 2 heterocycles. The summed E-state index contributed by atoms with van der Waals surface area (Å²) >= 11 is 0. The van der Waals surface area contributed by atoms with Gasteiger partial charge in [-0.3, -0.25) is 14.5 Å². The Bertz CT molecular complexity index is 1000. The van der Waals surface area contributed by atoms with E-state index in [4.69, 9.17) is 14.6 Å². The summed E-state index contributed by atoms with van der Waals surface area (Å²) in [5, 5.41) is 27.9. The van der Waals surface area contributed by atoms with Crippen molar-refractivity contribution in [1.29, 1.82) is 0 Å². The number of phenolic OH excluding ortho intramolecular Hbond substituents is 1. The number of rotatable bonds is 6. The van der Waals surface area contributed by atoms with Gasteiger partial charge in [-0.1, -0.05) is 24.3 Å². The summed E-state index contributed by atoms with van der Waals surface area (Å²) in [5.74, 6) is -1.55. The van der Waals surface area contributed by atoms with E-state index in [9.17, 15) is 19.8 Å². The van der Waals surface area contributed by atoms with Gasteiger partial charge in [0.25, 0.3) is 12.4 Å². The normalized spacial score (nSPS) is 16.2. The second kappa shape index (κ2) is 10.1. The Morgan fingerprint density at radius 3 is 2.44 bits per heavy atom. The highest BCUT2D eigenvalue weighted by Crippen LogP contribution is 2.42. The highest BCUT2D eigenvalue weighted by atomic mass is 16.5. The van der Waals surface area contributed by atoms with Gasteiger partial charge in [0.2, 0.25) is 0 Å². The van der Waals surface area contributed by atoms with Crippen molar-refractivity contribution in [2.75, 3.05) is 20.2 Å². The van der Waals surface area contributed by atoms with Crippen LogP contribution in [0, 0.1) is 0 Å². The van der Waals surface area contributed by atoms with Crippen molar-refractivity contribution >= 4 is 18.3 Å². The van der Waals surface area contributed by atoms with Gasteiger partial charge in [0.05, 0.1) is 7.11 Å². The molecule has 0 aromatic heterocycles. The zero-order valence-corrected chi connectivity index (χ0v) is 17.7. The zero-order chi connectivity index (χ0) is 23.3.